The quantitative estimate of drug-likeness (QED) is 0.589. The minimum Gasteiger partial charge on any atom is -0.479 e. The van der Waals surface area contributed by atoms with Crippen molar-refractivity contribution in [1.29, 1.82) is 0 Å². The molecular formula is C20H23Cl2N3O6. The zero-order valence-electron chi connectivity index (χ0n) is 17.1. The molecule has 1 fully saturated rings. The third-order valence-corrected chi connectivity index (χ3v) is 5.61. The van der Waals surface area contributed by atoms with E-state index in [1.165, 1.54) is 25.3 Å². The molecule has 0 radical (unpaired) electrons. The van der Waals surface area contributed by atoms with Crippen LogP contribution in [0.4, 0.5) is 0 Å². The highest BCUT2D eigenvalue weighted by Gasteiger charge is 2.48. The van der Waals surface area contributed by atoms with Crippen LogP contribution >= 0.6 is 23.2 Å². The smallest absolute Gasteiger partial charge is 0.332 e. The summed E-state index contributed by atoms with van der Waals surface area (Å²) < 4.78 is 12.6. The molecule has 168 valence electrons. The number of benzene rings is 1. The number of hydrogen-bond acceptors (Lipinski definition) is 6. The Balaban J connectivity index is 1.93. The van der Waals surface area contributed by atoms with Gasteiger partial charge in [-0.1, -0.05) is 30.1 Å². The molecule has 2 aromatic rings. The lowest BCUT2D eigenvalue weighted by atomic mass is 10.1. The van der Waals surface area contributed by atoms with Gasteiger partial charge in [-0.05, 0) is 38.5 Å². The molecule has 31 heavy (non-hydrogen) atoms. The van der Waals surface area contributed by atoms with Crippen molar-refractivity contribution < 1.29 is 19.4 Å². The summed E-state index contributed by atoms with van der Waals surface area (Å²) in [6.45, 7) is 4.86. The molecule has 1 saturated heterocycles. The van der Waals surface area contributed by atoms with Gasteiger partial charge in [0.25, 0.3) is 11.5 Å². The zero-order chi connectivity index (χ0) is 22.9. The summed E-state index contributed by atoms with van der Waals surface area (Å²) in [5.41, 5.74) is -0.980. The lowest BCUT2D eigenvalue weighted by molar-refractivity contribution is -0.155. The van der Waals surface area contributed by atoms with Crippen LogP contribution in [0.5, 0.6) is 5.75 Å². The van der Waals surface area contributed by atoms with E-state index < -0.39 is 41.3 Å². The predicted molar refractivity (Wildman–Crippen MR) is 115 cm³/mol. The van der Waals surface area contributed by atoms with Crippen LogP contribution in [0, 0.1) is 0 Å². The molecule has 1 aliphatic heterocycles. The molecule has 9 nitrogen and oxygen atoms in total. The molecule has 3 N–H and O–H groups in total. The minimum absolute atomic E-state index is 0.108. The van der Waals surface area contributed by atoms with Crippen molar-refractivity contribution in [1.82, 2.24) is 14.9 Å². The Kier molecular flexibility index (Phi) is 6.80. The molecule has 0 spiro atoms. The van der Waals surface area contributed by atoms with Crippen LogP contribution in [-0.2, 0) is 21.8 Å². The average molecular weight is 472 g/mol. The number of carbonyl (C=O) groups is 1. The Hall–Kier alpha value is -2.33. The molecule has 1 aromatic heterocycles. The minimum atomic E-state index is -1.71. The summed E-state index contributed by atoms with van der Waals surface area (Å²) in [6.07, 6.45) is -1.09. The number of ether oxygens (including phenoxy) is 2. The second-order valence-corrected chi connectivity index (χ2v) is 8.18. The average Bonchev–Trinajstić information content (AvgIpc) is 2.98. The normalized spacial score (nSPS) is 24.1. The number of hydrogen-bond donors (Lipinski definition) is 3. The molecule has 4 atom stereocenters. The highest BCUT2D eigenvalue weighted by molar-refractivity contribution is 6.35. The fourth-order valence-electron chi connectivity index (χ4n) is 3.32. The number of amides is 1. The highest BCUT2D eigenvalue weighted by atomic mass is 35.5. The molecule has 1 aliphatic rings. The van der Waals surface area contributed by atoms with Crippen molar-refractivity contribution in [2.75, 3.05) is 0 Å². The van der Waals surface area contributed by atoms with Gasteiger partial charge in [0.2, 0.25) is 5.85 Å². The predicted octanol–water partition coefficient (Wildman–Crippen LogP) is 1.77. The monoisotopic (exact) mass is 471 g/mol. The first-order chi connectivity index (χ1) is 14.6. The van der Waals surface area contributed by atoms with Crippen LogP contribution in [0.15, 0.2) is 34.0 Å². The van der Waals surface area contributed by atoms with Crippen LogP contribution < -0.4 is 21.3 Å². The number of aromatic nitrogens is 2. The fraction of sp³-hybridized carbons (Fsp3) is 0.450. The van der Waals surface area contributed by atoms with Crippen molar-refractivity contribution in [3.05, 3.63) is 60.8 Å². The molecule has 0 bridgehead atoms. The van der Waals surface area contributed by atoms with E-state index in [1.807, 2.05) is 0 Å². The standard InChI is InChI=1S/C20H23Cl2N3O6/c1-4-12-9-25(19(29)23-18(12)28)20(8-15(26)10(2)31-20)24-17(27)11(3)30-16-6-5-13(21)7-14(16)22/h5-7,9-11,15,26H,4,8H2,1-3H3,(H,24,27)(H,23,28,29)/t10-,11?,15+,20?/m1/s1. The number of aryl methyl sites for hydroxylation is 1. The van der Waals surface area contributed by atoms with Crippen LogP contribution in [0.3, 0.4) is 0 Å². The summed E-state index contributed by atoms with van der Waals surface area (Å²) in [6, 6.07) is 4.58. The van der Waals surface area contributed by atoms with E-state index >= 15 is 0 Å². The Labute approximate surface area is 187 Å². The number of rotatable bonds is 6. The maximum atomic E-state index is 13.0. The van der Waals surface area contributed by atoms with Crippen LogP contribution in [0.25, 0.3) is 0 Å². The molecule has 2 unspecified atom stereocenters. The Morgan fingerprint density at radius 3 is 2.74 bits per heavy atom. The molecule has 11 heteroatoms. The van der Waals surface area contributed by atoms with Crippen molar-refractivity contribution >= 4 is 29.1 Å². The van der Waals surface area contributed by atoms with Crippen molar-refractivity contribution in [2.45, 2.75) is 57.8 Å². The summed E-state index contributed by atoms with van der Waals surface area (Å²) in [4.78, 5) is 39.7. The summed E-state index contributed by atoms with van der Waals surface area (Å²) >= 11 is 12.0. The summed E-state index contributed by atoms with van der Waals surface area (Å²) in [7, 11) is 0. The Morgan fingerprint density at radius 2 is 2.16 bits per heavy atom. The van der Waals surface area contributed by atoms with Crippen molar-refractivity contribution in [3.63, 3.8) is 0 Å². The Morgan fingerprint density at radius 1 is 1.45 bits per heavy atom. The molecule has 3 rings (SSSR count). The topological polar surface area (TPSA) is 123 Å². The van der Waals surface area contributed by atoms with Gasteiger partial charge in [-0.25, -0.2) is 4.79 Å². The third-order valence-electron chi connectivity index (χ3n) is 5.08. The van der Waals surface area contributed by atoms with E-state index in [9.17, 15) is 19.5 Å². The first-order valence-corrected chi connectivity index (χ1v) is 10.5. The second kappa shape index (κ2) is 9.04. The molecular weight excluding hydrogens is 449 g/mol. The van der Waals surface area contributed by atoms with E-state index in [4.69, 9.17) is 32.7 Å². The number of aliphatic hydroxyl groups excluding tert-OH is 1. The molecule has 2 heterocycles. The lowest BCUT2D eigenvalue weighted by Gasteiger charge is -2.32. The van der Waals surface area contributed by atoms with E-state index in [0.717, 1.165) is 4.57 Å². The number of carbonyl (C=O) groups excluding carboxylic acids is 1. The van der Waals surface area contributed by atoms with Gasteiger partial charge in [-0.15, -0.1) is 0 Å². The molecule has 0 saturated carbocycles. The van der Waals surface area contributed by atoms with Gasteiger partial charge in [0, 0.05) is 23.2 Å². The highest BCUT2D eigenvalue weighted by Crippen LogP contribution is 2.33. The second-order valence-electron chi connectivity index (χ2n) is 7.34. The number of H-pyrrole nitrogens is 1. The summed E-state index contributed by atoms with van der Waals surface area (Å²) in [5, 5.41) is 13.6. The van der Waals surface area contributed by atoms with Crippen LogP contribution in [0.2, 0.25) is 10.0 Å². The SMILES string of the molecule is CCc1cn(C2(NC(=O)C(C)Oc3ccc(Cl)cc3Cl)C[C@H](O)[C@@H](C)O2)c(=O)[nH]c1=O. The number of aromatic amines is 1. The molecule has 1 aromatic carbocycles. The fourth-order valence-corrected chi connectivity index (χ4v) is 3.77. The van der Waals surface area contributed by atoms with E-state index in [0.29, 0.717) is 17.0 Å². The molecule has 1 amide bonds. The Bertz CT molecular complexity index is 1090. The zero-order valence-corrected chi connectivity index (χ0v) is 18.7. The third kappa shape index (κ3) is 4.79. The van der Waals surface area contributed by atoms with Gasteiger partial charge in [0.05, 0.1) is 17.2 Å². The number of nitrogens with one attached hydrogen (secondary N) is 2. The van der Waals surface area contributed by atoms with Gasteiger partial charge in [0.15, 0.2) is 6.10 Å². The van der Waals surface area contributed by atoms with Crippen molar-refractivity contribution in [2.24, 2.45) is 0 Å². The lowest BCUT2D eigenvalue weighted by Crippen LogP contribution is -2.58. The maximum absolute atomic E-state index is 13.0. The number of nitrogens with zero attached hydrogens (tertiary/aromatic N) is 1. The van der Waals surface area contributed by atoms with Gasteiger partial charge in [-0.3, -0.25) is 19.1 Å². The first kappa shape index (κ1) is 23.3. The van der Waals surface area contributed by atoms with Crippen LogP contribution in [0.1, 0.15) is 32.8 Å². The van der Waals surface area contributed by atoms with Gasteiger partial charge in [-0.2, -0.15) is 0 Å². The number of halogens is 2. The van der Waals surface area contributed by atoms with Crippen LogP contribution in [-0.4, -0.2) is 38.9 Å². The first-order valence-electron chi connectivity index (χ1n) is 9.71. The number of aliphatic hydroxyl groups is 1. The van der Waals surface area contributed by atoms with Gasteiger partial charge < -0.3 is 19.9 Å². The maximum Gasteiger partial charge on any atom is 0.332 e. The van der Waals surface area contributed by atoms with E-state index in [1.54, 1.807) is 19.9 Å². The summed E-state index contributed by atoms with van der Waals surface area (Å²) in [5.74, 6) is -2.08. The van der Waals surface area contributed by atoms with Gasteiger partial charge >= 0.3 is 5.69 Å². The van der Waals surface area contributed by atoms with E-state index in [2.05, 4.69) is 10.3 Å². The van der Waals surface area contributed by atoms with Gasteiger partial charge in [0.1, 0.15) is 5.75 Å². The van der Waals surface area contributed by atoms with E-state index in [-0.39, 0.29) is 17.2 Å². The largest absolute Gasteiger partial charge is 0.479 e. The van der Waals surface area contributed by atoms with Crippen molar-refractivity contribution in [3.8, 4) is 5.75 Å². The molecule has 0 aliphatic carbocycles.